The lowest BCUT2D eigenvalue weighted by atomic mass is 10.2. The van der Waals surface area contributed by atoms with Crippen molar-refractivity contribution in [3.63, 3.8) is 0 Å². The first-order valence-electron chi connectivity index (χ1n) is 7.37. The number of nitrogens with one attached hydrogen (secondary N) is 1. The number of terminal acetylenes is 1. The highest BCUT2D eigenvalue weighted by atomic mass is 79.9. The van der Waals surface area contributed by atoms with Crippen molar-refractivity contribution in [1.82, 2.24) is 5.32 Å². The third-order valence-corrected chi connectivity index (χ3v) is 4.29. The van der Waals surface area contributed by atoms with Crippen LogP contribution in [0.1, 0.15) is 5.56 Å². The molecule has 1 aliphatic heterocycles. The Morgan fingerprint density at radius 1 is 1.20 bits per heavy atom. The molecule has 1 N–H and O–H groups in total. The van der Waals surface area contributed by atoms with Crippen LogP contribution in [0.3, 0.4) is 0 Å². The second-order valence-electron chi connectivity index (χ2n) is 5.17. The highest BCUT2D eigenvalue weighted by molar-refractivity contribution is 9.10. The lowest BCUT2D eigenvalue weighted by Crippen LogP contribution is -2.30. The minimum absolute atomic E-state index is 0.194. The molecule has 124 valence electrons. The van der Waals surface area contributed by atoms with E-state index >= 15 is 0 Å². The molecule has 2 aromatic carbocycles. The van der Waals surface area contributed by atoms with Crippen LogP contribution < -0.4 is 15.0 Å². The zero-order valence-electron chi connectivity index (χ0n) is 13.0. The summed E-state index contributed by atoms with van der Waals surface area (Å²) < 4.78 is 6.27. The molecule has 0 atom stereocenters. The number of thiocarbonyl (C=S) groups is 1. The van der Waals surface area contributed by atoms with Crippen molar-refractivity contribution in [2.24, 2.45) is 0 Å². The van der Waals surface area contributed by atoms with Crippen LogP contribution in [-0.2, 0) is 4.79 Å². The lowest BCUT2D eigenvalue weighted by molar-refractivity contribution is -0.113. The normalized spacial score (nSPS) is 15.2. The first kappa shape index (κ1) is 17.2. The molecule has 0 aromatic heterocycles. The van der Waals surface area contributed by atoms with Gasteiger partial charge in [0.15, 0.2) is 5.11 Å². The predicted molar refractivity (Wildman–Crippen MR) is 106 cm³/mol. The van der Waals surface area contributed by atoms with Crippen molar-refractivity contribution < 1.29 is 9.53 Å². The van der Waals surface area contributed by atoms with Crippen molar-refractivity contribution in [2.75, 3.05) is 11.5 Å². The van der Waals surface area contributed by atoms with Crippen molar-refractivity contribution in [3.8, 4) is 18.1 Å². The van der Waals surface area contributed by atoms with Crippen molar-refractivity contribution in [2.45, 2.75) is 0 Å². The van der Waals surface area contributed by atoms with E-state index < -0.39 is 0 Å². The van der Waals surface area contributed by atoms with Gasteiger partial charge in [0.1, 0.15) is 18.1 Å². The van der Waals surface area contributed by atoms with E-state index in [1.54, 1.807) is 18.2 Å². The molecule has 0 spiro atoms. The van der Waals surface area contributed by atoms with Gasteiger partial charge in [-0.1, -0.05) is 34.0 Å². The van der Waals surface area contributed by atoms with Crippen LogP contribution in [0.15, 0.2) is 58.7 Å². The topological polar surface area (TPSA) is 41.6 Å². The zero-order chi connectivity index (χ0) is 17.8. The largest absolute Gasteiger partial charge is 0.481 e. The number of carbonyl (C=O) groups is 1. The maximum Gasteiger partial charge on any atom is 0.281 e. The van der Waals surface area contributed by atoms with Gasteiger partial charge in [-0.15, -0.1) is 6.42 Å². The molecule has 0 unspecified atom stereocenters. The second kappa shape index (κ2) is 7.51. The van der Waals surface area contributed by atoms with Gasteiger partial charge in [-0.05, 0) is 60.3 Å². The zero-order valence-corrected chi connectivity index (χ0v) is 15.4. The van der Waals surface area contributed by atoms with E-state index in [-0.39, 0.29) is 12.5 Å². The van der Waals surface area contributed by atoms with Crippen LogP contribution in [0, 0.1) is 12.3 Å². The summed E-state index contributed by atoms with van der Waals surface area (Å²) in [5.41, 5.74) is 1.99. The van der Waals surface area contributed by atoms with Crippen LogP contribution in [0.4, 0.5) is 5.69 Å². The maximum atomic E-state index is 12.7. The summed E-state index contributed by atoms with van der Waals surface area (Å²) in [6.07, 6.45) is 6.91. The Kier molecular flexibility index (Phi) is 5.17. The molecule has 1 amide bonds. The highest BCUT2D eigenvalue weighted by Crippen LogP contribution is 2.24. The number of carbonyl (C=O) groups excluding carboxylic acids is 1. The van der Waals surface area contributed by atoms with Crippen LogP contribution in [0.5, 0.6) is 5.75 Å². The van der Waals surface area contributed by atoms with E-state index in [1.807, 2.05) is 36.4 Å². The molecule has 3 rings (SSSR count). The standard InChI is InChI=1S/C19H13BrN2O2S/c1-2-11-24-16-9-3-13(4-10-16)12-17-18(23)22(19(25)21-17)15-7-5-14(20)6-8-15/h1,3-10,12H,11H2,(H,21,25). The summed E-state index contributed by atoms with van der Waals surface area (Å²) in [5, 5.41) is 3.32. The van der Waals surface area contributed by atoms with Crippen LogP contribution in [-0.4, -0.2) is 17.6 Å². The van der Waals surface area contributed by atoms with Gasteiger partial charge < -0.3 is 10.1 Å². The number of rotatable bonds is 4. The number of benzene rings is 2. The van der Waals surface area contributed by atoms with Crippen LogP contribution in [0.25, 0.3) is 6.08 Å². The van der Waals surface area contributed by atoms with Gasteiger partial charge in [0.25, 0.3) is 5.91 Å². The van der Waals surface area contributed by atoms with Gasteiger partial charge in [-0.2, -0.15) is 0 Å². The molecule has 1 saturated heterocycles. The number of halogens is 1. The Balaban J connectivity index is 1.80. The van der Waals surface area contributed by atoms with Gasteiger partial charge in [0.05, 0.1) is 5.69 Å². The van der Waals surface area contributed by atoms with Gasteiger partial charge in [-0.3, -0.25) is 9.69 Å². The monoisotopic (exact) mass is 412 g/mol. The Morgan fingerprint density at radius 2 is 1.88 bits per heavy atom. The Hall–Kier alpha value is -2.62. The van der Waals surface area contributed by atoms with E-state index in [2.05, 4.69) is 27.2 Å². The SMILES string of the molecule is C#CCOc1ccc(C=C2NC(=S)N(c3ccc(Br)cc3)C2=O)cc1. The molecule has 1 aliphatic rings. The van der Waals surface area contributed by atoms with Crippen molar-refractivity contribution >= 4 is 50.9 Å². The maximum absolute atomic E-state index is 12.7. The number of anilines is 1. The summed E-state index contributed by atoms with van der Waals surface area (Å²) in [7, 11) is 0. The fourth-order valence-corrected chi connectivity index (χ4v) is 2.87. The van der Waals surface area contributed by atoms with E-state index in [4.69, 9.17) is 23.4 Å². The second-order valence-corrected chi connectivity index (χ2v) is 6.47. The molecule has 4 nitrogen and oxygen atoms in total. The first-order valence-corrected chi connectivity index (χ1v) is 8.57. The van der Waals surface area contributed by atoms with Gasteiger partial charge in [-0.25, -0.2) is 0 Å². The van der Waals surface area contributed by atoms with Crippen LogP contribution in [0.2, 0.25) is 0 Å². The Bertz CT molecular complexity index is 883. The van der Waals surface area contributed by atoms with Crippen molar-refractivity contribution in [3.05, 3.63) is 64.3 Å². The van der Waals surface area contributed by atoms with E-state index in [9.17, 15) is 4.79 Å². The summed E-state index contributed by atoms with van der Waals surface area (Å²) >= 11 is 8.67. The quantitative estimate of drug-likeness (QED) is 0.471. The molecule has 6 heteroatoms. The van der Waals surface area contributed by atoms with Gasteiger partial charge in [0, 0.05) is 4.47 Å². The third-order valence-electron chi connectivity index (χ3n) is 3.48. The van der Waals surface area contributed by atoms with Crippen molar-refractivity contribution in [1.29, 1.82) is 0 Å². The highest BCUT2D eigenvalue weighted by Gasteiger charge is 2.31. The van der Waals surface area contributed by atoms with E-state index in [0.717, 1.165) is 10.0 Å². The molecule has 2 aromatic rings. The lowest BCUT2D eigenvalue weighted by Gasteiger charge is -2.13. The number of hydrogen-bond donors (Lipinski definition) is 1. The molecule has 0 radical (unpaired) electrons. The molecular formula is C19H13BrN2O2S. The smallest absolute Gasteiger partial charge is 0.281 e. The molecule has 25 heavy (non-hydrogen) atoms. The fourth-order valence-electron chi connectivity index (χ4n) is 2.31. The molecule has 0 saturated carbocycles. The molecule has 0 aliphatic carbocycles. The number of ether oxygens (including phenoxy) is 1. The first-order chi connectivity index (χ1) is 12.1. The summed E-state index contributed by atoms with van der Waals surface area (Å²) in [4.78, 5) is 14.1. The number of nitrogens with zero attached hydrogens (tertiary/aromatic N) is 1. The average molecular weight is 413 g/mol. The van der Waals surface area contributed by atoms with Crippen LogP contribution >= 0.6 is 28.1 Å². The fraction of sp³-hybridized carbons (Fsp3) is 0.0526. The van der Waals surface area contributed by atoms with Gasteiger partial charge in [0.2, 0.25) is 0 Å². The number of hydrogen-bond acceptors (Lipinski definition) is 3. The van der Waals surface area contributed by atoms with E-state index in [0.29, 0.717) is 22.2 Å². The summed E-state index contributed by atoms with van der Waals surface area (Å²) in [6, 6.07) is 14.7. The summed E-state index contributed by atoms with van der Waals surface area (Å²) in [5.74, 6) is 2.90. The molecular weight excluding hydrogens is 400 g/mol. The predicted octanol–water partition coefficient (Wildman–Crippen LogP) is 3.72. The number of amides is 1. The van der Waals surface area contributed by atoms with Gasteiger partial charge >= 0.3 is 0 Å². The molecule has 1 heterocycles. The average Bonchev–Trinajstić information content (AvgIpc) is 2.89. The summed E-state index contributed by atoms with van der Waals surface area (Å²) in [6.45, 7) is 0.219. The Morgan fingerprint density at radius 3 is 2.52 bits per heavy atom. The minimum atomic E-state index is -0.194. The molecule has 0 bridgehead atoms. The molecule has 1 fully saturated rings. The Labute approximate surface area is 159 Å². The van der Waals surface area contributed by atoms with E-state index in [1.165, 1.54) is 4.90 Å². The minimum Gasteiger partial charge on any atom is -0.481 e. The third kappa shape index (κ3) is 3.90.